The Hall–Kier alpha value is -2.43. The molecule has 1 N–H and O–H groups in total. The maximum Gasteiger partial charge on any atom is 0.270 e. The summed E-state index contributed by atoms with van der Waals surface area (Å²) in [6.45, 7) is 0. The smallest absolute Gasteiger partial charge is 0.270 e. The van der Waals surface area contributed by atoms with Gasteiger partial charge >= 0.3 is 0 Å². The molecule has 0 unspecified atom stereocenters. The van der Waals surface area contributed by atoms with Crippen molar-refractivity contribution in [2.75, 3.05) is 5.32 Å². The number of non-ortho nitro benzene ring substituents is 1. The SMILES string of the molecule is N#Cc1c(NC(=O)c2cc([N+](=O)[O-])ccc2Cl)sc2c1CCCC2. The fourth-order valence-corrected chi connectivity index (χ4v) is 4.18. The Morgan fingerprint density at radius 3 is 2.83 bits per heavy atom. The highest BCUT2D eigenvalue weighted by atomic mass is 35.5. The average Bonchev–Trinajstić information content (AvgIpc) is 2.91. The van der Waals surface area contributed by atoms with Gasteiger partial charge in [-0.15, -0.1) is 11.3 Å². The van der Waals surface area contributed by atoms with Crippen molar-refractivity contribution in [1.82, 2.24) is 0 Å². The quantitative estimate of drug-likeness (QED) is 0.650. The number of hydrogen-bond acceptors (Lipinski definition) is 5. The first-order valence-corrected chi connectivity index (χ1v) is 8.50. The van der Waals surface area contributed by atoms with Crippen LogP contribution in [-0.2, 0) is 12.8 Å². The number of halogens is 1. The summed E-state index contributed by atoms with van der Waals surface area (Å²) in [6, 6.07) is 5.85. The summed E-state index contributed by atoms with van der Waals surface area (Å²) in [5.74, 6) is -0.557. The fourth-order valence-electron chi connectivity index (χ4n) is 2.74. The van der Waals surface area contributed by atoms with Gasteiger partial charge in [-0.3, -0.25) is 14.9 Å². The summed E-state index contributed by atoms with van der Waals surface area (Å²) in [7, 11) is 0. The first-order chi connectivity index (χ1) is 11.5. The number of rotatable bonds is 3. The van der Waals surface area contributed by atoms with E-state index in [0.717, 1.165) is 42.2 Å². The zero-order valence-electron chi connectivity index (χ0n) is 12.5. The summed E-state index contributed by atoms with van der Waals surface area (Å²) >= 11 is 7.39. The number of nitrogens with zero attached hydrogens (tertiary/aromatic N) is 2. The number of nitro groups is 1. The predicted octanol–water partition coefficient (Wildman–Crippen LogP) is 4.31. The van der Waals surface area contributed by atoms with Crippen molar-refractivity contribution >= 4 is 39.5 Å². The lowest BCUT2D eigenvalue weighted by Gasteiger charge is -2.09. The maximum absolute atomic E-state index is 12.5. The zero-order chi connectivity index (χ0) is 17.3. The van der Waals surface area contributed by atoms with Crippen LogP contribution in [-0.4, -0.2) is 10.8 Å². The van der Waals surface area contributed by atoms with E-state index in [0.29, 0.717) is 10.6 Å². The molecule has 6 nitrogen and oxygen atoms in total. The number of benzene rings is 1. The molecule has 0 atom stereocenters. The first kappa shape index (κ1) is 16.4. The second-order valence-electron chi connectivity index (χ2n) is 5.40. The number of carbonyl (C=O) groups excluding carboxylic acids is 1. The molecule has 2 aromatic rings. The molecule has 0 saturated carbocycles. The number of anilines is 1. The maximum atomic E-state index is 12.5. The second-order valence-corrected chi connectivity index (χ2v) is 6.91. The van der Waals surface area contributed by atoms with Crippen LogP contribution in [0.25, 0.3) is 0 Å². The second kappa shape index (κ2) is 6.59. The van der Waals surface area contributed by atoms with Gasteiger partial charge in [0.05, 0.1) is 21.1 Å². The van der Waals surface area contributed by atoms with Crippen LogP contribution in [0.3, 0.4) is 0 Å². The van der Waals surface area contributed by atoms with Gasteiger partial charge in [0.2, 0.25) is 0 Å². The monoisotopic (exact) mass is 361 g/mol. The summed E-state index contributed by atoms with van der Waals surface area (Å²) in [4.78, 5) is 23.9. The zero-order valence-corrected chi connectivity index (χ0v) is 14.0. The highest BCUT2D eigenvalue weighted by Gasteiger charge is 2.23. The van der Waals surface area contributed by atoms with Gasteiger partial charge in [-0.25, -0.2) is 0 Å². The van der Waals surface area contributed by atoms with Crippen LogP contribution in [0, 0.1) is 21.4 Å². The van der Waals surface area contributed by atoms with Crippen molar-refractivity contribution in [2.45, 2.75) is 25.7 Å². The van der Waals surface area contributed by atoms with Gasteiger partial charge in [0, 0.05) is 17.0 Å². The van der Waals surface area contributed by atoms with Crippen LogP contribution < -0.4 is 5.32 Å². The van der Waals surface area contributed by atoms with E-state index < -0.39 is 10.8 Å². The number of amides is 1. The third-order valence-corrected chi connectivity index (χ3v) is 5.45. The molecule has 1 aliphatic rings. The minimum Gasteiger partial charge on any atom is -0.312 e. The fraction of sp³-hybridized carbons (Fsp3) is 0.250. The average molecular weight is 362 g/mol. The Bertz CT molecular complexity index is 885. The molecule has 1 aliphatic carbocycles. The van der Waals surface area contributed by atoms with E-state index >= 15 is 0 Å². The van der Waals surface area contributed by atoms with Crippen molar-refractivity contribution in [3.63, 3.8) is 0 Å². The lowest BCUT2D eigenvalue weighted by molar-refractivity contribution is -0.384. The first-order valence-electron chi connectivity index (χ1n) is 7.31. The van der Waals surface area contributed by atoms with Gasteiger partial charge in [0.25, 0.3) is 11.6 Å². The number of carbonyl (C=O) groups is 1. The van der Waals surface area contributed by atoms with E-state index in [2.05, 4.69) is 11.4 Å². The van der Waals surface area contributed by atoms with E-state index in [4.69, 9.17) is 11.6 Å². The number of nitriles is 1. The van der Waals surface area contributed by atoms with Crippen molar-refractivity contribution in [3.05, 3.63) is 54.9 Å². The lowest BCUT2D eigenvalue weighted by Crippen LogP contribution is -2.13. The Kier molecular flexibility index (Phi) is 4.51. The van der Waals surface area contributed by atoms with Crippen LogP contribution in [0.5, 0.6) is 0 Å². The molecule has 122 valence electrons. The van der Waals surface area contributed by atoms with Crippen molar-refractivity contribution in [1.29, 1.82) is 5.26 Å². The van der Waals surface area contributed by atoms with Crippen LogP contribution in [0.15, 0.2) is 18.2 Å². The van der Waals surface area contributed by atoms with E-state index in [-0.39, 0.29) is 16.3 Å². The van der Waals surface area contributed by atoms with Crippen molar-refractivity contribution < 1.29 is 9.72 Å². The lowest BCUT2D eigenvalue weighted by atomic mass is 9.96. The molecule has 1 amide bonds. The number of hydrogen-bond donors (Lipinski definition) is 1. The molecule has 0 spiro atoms. The predicted molar refractivity (Wildman–Crippen MR) is 91.7 cm³/mol. The molecular weight excluding hydrogens is 350 g/mol. The molecule has 0 radical (unpaired) electrons. The number of fused-ring (bicyclic) bond motifs is 1. The molecule has 1 aromatic carbocycles. The highest BCUT2D eigenvalue weighted by molar-refractivity contribution is 7.16. The third kappa shape index (κ3) is 2.98. The third-order valence-electron chi connectivity index (χ3n) is 3.92. The highest BCUT2D eigenvalue weighted by Crippen LogP contribution is 2.38. The largest absolute Gasteiger partial charge is 0.312 e. The molecule has 8 heteroatoms. The Morgan fingerprint density at radius 2 is 2.12 bits per heavy atom. The van der Waals surface area contributed by atoms with Crippen LogP contribution in [0.4, 0.5) is 10.7 Å². The summed E-state index contributed by atoms with van der Waals surface area (Å²) in [5, 5.41) is 23.6. The Balaban J connectivity index is 1.94. The minimum atomic E-state index is -0.586. The van der Waals surface area contributed by atoms with E-state index in [9.17, 15) is 20.2 Å². The van der Waals surface area contributed by atoms with Gasteiger partial charge in [-0.1, -0.05) is 11.6 Å². The van der Waals surface area contributed by atoms with Crippen LogP contribution >= 0.6 is 22.9 Å². The molecule has 0 fully saturated rings. The molecule has 1 heterocycles. The number of thiophene rings is 1. The Labute approximate surface area is 146 Å². The summed E-state index contributed by atoms with van der Waals surface area (Å²) < 4.78 is 0. The van der Waals surface area contributed by atoms with Crippen LogP contribution in [0.1, 0.15) is 39.2 Å². The van der Waals surface area contributed by atoms with Crippen molar-refractivity contribution in [3.8, 4) is 6.07 Å². The van der Waals surface area contributed by atoms with Gasteiger partial charge < -0.3 is 5.32 Å². The molecular formula is C16H12ClN3O3S. The van der Waals surface area contributed by atoms with Crippen molar-refractivity contribution in [2.24, 2.45) is 0 Å². The normalized spacial score (nSPS) is 13.0. The summed E-state index contributed by atoms with van der Waals surface area (Å²) in [6.07, 6.45) is 3.84. The van der Waals surface area contributed by atoms with Gasteiger partial charge in [-0.05, 0) is 37.3 Å². The van der Waals surface area contributed by atoms with Gasteiger partial charge in [0.15, 0.2) is 0 Å². The minimum absolute atomic E-state index is 0.0149. The van der Waals surface area contributed by atoms with Crippen LogP contribution in [0.2, 0.25) is 5.02 Å². The molecule has 0 aliphatic heterocycles. The van der Waals surface area contributed by atoms with Gasteiger partial charge in [0.1, 0.15) is 11.1 Å². The molecule has 0 bridgehead atoms. The number of aryl methyl sites for hydroxylation is 1. The van der Waals surface area contributed by atoms with Gasteiger partial charge in [-0.2, -0.15) is 5.26 Å². The molecule has 0 saturated heterocycles. The summed E-state index contributed by atoms with van der Waals surface area (Å²) in [5.41, 5.74) is 1.30. The molecule has 1 aromatic heterocycles. The van der Waals surface area contributed by atoms with E-state index in [1.54, 1.807) is 0 Å². The van der Waals surface area contributed by atoms with E-state index in [1.165, 1.54) is 23.5 Å². The van der Waals surface area contributed by atoms with E-state index in [1.807, 2.05) is 0 Å². The molecule has 24 heavy (non-hydrogen) atoms. The standard InChI is InChI=1S/C16H12ClN3O3S/c17-13-6-5-9(20(22)23)7-11(13)15(21)19-16-12(8-18)10-3-1-2-4-14(10)24-16/h5-7H,1-4H2,(H,19,21). The molecule has 3 rings (SSSR count). The Morgan fingerprint density at radius 1 is 1.38 bits per heavy atom. The number of nitrogens with one attached hydrogen (secondary N) is 1. The topological polar surface area (TPSA) is 96.0 Å². The number of nitro benzene ring substituents is 1.